The molecule has 0 fully saturated rings. The van der Waals surface area contributed by atoms with Crippen molar-refractivity contribution < 1.29 is 19.4 Å². The maximum atomic E-state index is 11.2. The second-order valence-electron chi connectivity index (χ2n) is 6.67. The van der Waals surface area contributed by atoms with E-state index in [4.69, 9.17) is 9.84 Å². The molecule has 0 saturated carbocycles. The number of rotatable bonds is 18. The molecule has 0 spiro atoms. The number of hydrogen-bond donors (Lipinski definition) is 1. The molecule has 0 bridgehead atoms. The molecule has 0 radical (unpaired) electrons. The Hall–Kier alpha value is -2.62. The van der Waals surface area contributed by atoms with Crippen LogP contribution >= 0.6 is 0 Å². The molecule has 0 aliphatic rings. The van der Waals surface area contributed by atoms with Crippen molar-refractivity contribution in [2.24, 2.45) is 0 Å². The van der Waals surface area contributed by atoms with Gasteiger partial charge in [0.05, 0.1) is 19.4 Å². The van der Waals surface area contributed by atoms with Gasteiger partial charge in [-0.3, -0.25) is 9.59 Å². The molecule has 0 saturated heterocycles. The number of carbonyl (C=O) groups excluding carboxylic acids is 1. The third-order valence-corrected chi connectivity index (χ3v) is 3.92. The zero-order valence-electron chi connectivity index (χ0n) is 18.4. The highest BCUT2D eigenvalue weighted by Gasteiger charge is 2.05. The zero-order chi connectivity index (χ0) is 22.1. The number of esters is 1. The maximum Gasteiger partial charge on any atom is 0.306 e. The summed E-state index contributed by atoms with van der Waals surface area (Å²) in [5.41, 5.74) is 0. The van der Waals surface area contributed by atoms with Gasteiger partial charge in [0.2, 0.25) is 0 Å². The highest BCUT2D eigenvalue weighted by molar-refractivity contribution is 5.76. The van der Waals surface area contributed by atoms with E-state index >= 15 is 0 Å². The Morgan fingerprint density at radius 2 is 1.10 bits per heavy atom. The monoisotopic (exact) mass is 430 g/mol. The summed E-state index contributed by atoms with van der Waals surface area (Å²) in [4.78, 5) is 21.6. The topological polar surface area (TPSA) is 63.6 Å². The van der Waals surface area contributed by atoms with Gasteiger partial charge in [-0.25, -0.2) is 0 Å². The van der Waals surface area contributed by atoms with Crippen molar-refractivity contribution in [2.45, 2.75) is 78.6 Å². The van der Waals surface area contributed by atoms with Gasteiger partial charge in [0.15, 0.2) is 0 Å². The van der Waals surface area contributed by atoms with Crippen LogP contribution in [0.1, 0.15) is 78.6 Å². The molecule has 0 amide bonds. The first-order chi connectivity index (χ1) is 14.7. The third kappa shape index (κ3) is 27.4. The van der Waals surface area contributed by atoms with E-state index in [1.165, 1.54) is 0 Å². The zero-order valence-corrected chi connectivity index (χ0v) is 18.4. The minimum atomic E-state index is -0.982. The number of ether oxygens (including phenoxy) is 1. The first-order valence-corrected chi connectivity index (χ1v) is 10.9. The van der Waals surface area contributed by atoms with Gasteiger partial charge in [-0.15, -0.1) is 0 Å². The summed E-state index contributed by atoms with van der Waals surface area (Å²) in [5.74, 6) is -1.43. The summed E-state index contributed by atoms with van der Waals surface area (Å²) in [6.45, 7) is 2.48. The Balaban J connectivity index is 0. The van der Waals surface area contributed by atoms with E-state index in [1.54, 1.807) is 0 Å². The van der Waals surface area contributed by atoms with E-state index in [9.17, 15) is 9.59 Å². The van der Waals surface area contributed by atoms with Crippen LogP contribution in [-0.4, -0.2) is 23.7 Å². The van der Waals surface area contributed by atoms with Crippen molar-refractivity contribution in [3.63, 3.8) is 0 Å². The van der Waals surface area contributed by atoms with Gasteiger partial charge in [0.25, 0.3) is 0 Å². The van der Waals surface area contributed by atoms with E-state index < -0.39 is 11.9 Å². The first-order valence-electron chi connectivity index (χ1n) is 10.9. The molecule has 174 valence electrons. The Kier molecular flexibility index (Phi) is 25.1. The third-order valence-electron chi connectivity index (χ3n) is 3.92. The highest BCUT2D eigenvalue weighted by atomic mass is 16.5. The lowest BCUT2D eigenvalue weighted by Crippen LogP contribution is -2.08. The molecule has 0 aromatic rings. The number of aliphatic carboxylic acids is 1. The number of allylic oxidation sites excluding steroid dienone is 12. The lowest BCUT2D eigenvalue weighted by Gasteiger charge is -2.01. The smallest absolute Gasteiger partial charge is 0.306 e. The number of carboxylic acid groups (broad SMARTS) is 1. The van der Waals surface area contributed by atoms with Crippen molar-refractivity contribution in [1.82, 2.24) is 0 Å². The van der Waals surface area contributed by atoms with Crippen LogP contribution in [0.4, 0.5) is 0 Å². The highest BCUT2D eigenvalue weighted by Crippen LogP contribution is 1.99. The van der Waals surface area contributed by atoms with Gasteiger partial charge >= 0.3 is 11.9 Å². The summed E-state index contributed by atoms with van der Waals surface area (Å²) < 4.78 is 4.96. The molecular formula is C27H42O4. The molecule has 0 aromatic carbocycles. The summed E-state index contributed by atoms with van der Waals surface area (Å²) in [6.07, 6.45) is 33.3. The largest absolute Gasteiger partial charge is 0.481 e. The fraction of sp³-hybridized carbons (Fsp3) is 0.481. The average Bonchev–Trinajstić information content (AvgIpc) is 2.73. The minimum absolute atomic E-state index is 0. The molecule has 31 heavy (non-hydrogen) atoms. The van der Waals surface area contributed by atoms with Gasteiger partial charge < -0.3 is 9.84 Å². The van der Waals surface area contributed by atoms with Gasteiger partial charge in [0.1, 0.15) is 0 Å². The normalized spacial score (nSPS) is 12.2. The second-order valence-corrected chi connectivity index (χ2v) is 6.67. The maximum absolute atomic E-state index is 11.2. The SMILES string of the molecule is C.CC/C=C\C/C=C\C/C=C\C/C=C\C/C=C\C/C=C\CCCOC(=O)CCC(=O)O. The summed E-state index contributed by atoms with van der Waals surface area (Å²) in [6, 6.07) is 0. The summed E-state index contributed by atoms with van der Waals surface area (Å²) >= 11 is 0. The predicted molar refractivity (Wildman–Crippen MR) is 132 cm³/mol. The van der Waals surface area contributed by atoms with E-state index in [-0.39, 0.29) is 20.3 Å². The van der Waals surface area contributed by atoms with Gasteiger partial charge in [-0.05, 0) is 51.4 Å². The molecule has 1 N–H and O–H groups in total. The number of carbonyl (C=O) groups is 2. The van der Waals surface area contributed by atoms with Crippen molar-refractivity contribution in [2.75, 3.05) is 6.61 Å². The molecular weight excluding hydrogens is 388 g/mol. The predicted octanol–water partition coefficient (Wildman–Crippen LogP) is 7.51. The van der Waals surface area contributed by atoms with E-state index in [1.807, 2.05) is 0 Å². The Bertz CT molecular complexity index is 607. The van der Waals surface area contributed by atoms with Crippen LogP contribution in [-0.2, 0) is 14.3 Å². The Labute approximate surface area is 189 Å². The minimum Gasteiger partial charge on any atom is -0.481 e. The quantitative estimate of drug-likeness (QED) is 0.139. The molecule has 0 aromatic heterocycles. The summed E-state index contributed by atoms with van der Waals surface area (Å²) in [5, 5.41) is 8.48. The first kappa shape index (κ1) is 30.6. The van der Waals surface area contributed by atoms with Gasteiger partial charge in [-0.1, -0.05) is 87.3 Å². The molecule has 4 heteroatoms. The molecule has 0 atom stereocenters. The number of carboxylic acids is 1. The standard InChI is InChI=1S/C26H38O4.CH4/c1-2-3-4-5-6-7-8-9-10-11-12-13-14-15-16-17-18-19-20-21-24-30-26(29)23-22-25(27)28;/h3-4,6-7,9-10,12-13,15-16,18-19H,2,5,8,11,14,17,20-24H2,1H3,(H,27,28);1H4/b4-3-,7-6-,10-9-,13-12-,16-15-,19-18-;. The fourth-order valence-corrected chi connectivity index (χ4v) is 2.31. The molecule has 0 aliphatic carbocycles. The van der Waals surface area contributed by atoms with Crippen LogP contribution in [0, 0.1) is 0 Å². The summed E-state index contributed by atoms with van der Waals surface area (Å²) in [7, 11) is 0. The molecule has 0 aliphatic heterocycles. The second kappa shape index (κ2) is 25.4. The number of unbranched alkanes of at least 4 members (excludes halogenated alkanes) is 1. The Morgan fingerprint density at radius 1 is 0.677 bits per heavy atom. The van der Waals surface area contributed by atoms with Crippen LogP contribution in [0.5, 0.6) is 0 Å². The van der Waals surface area contributed by atoms with E-state index in [0.717, 1.165) is 51.4 Å². The van der Waals surface area contributed by atoms with Gasteiger partial charge in [0, 0.05) is 0 Å². The Morgan fingerprint density at radius 3 is 1.52 bits per heavy atom. The molecule has 0 unspecified atom stereocenters. The lowest BCUT2D eigenvalue weighted by atomic mass is 10.2. The molecule has 0 rings (SSSR count). The molecule has 0 heterocycles. The van der Waals surface area contributed by atoms with Crippen LogP contribution in [0.2, 0.25) is 0 Å². The van der Waals surface area contributed by atoms with Gasteiger partial charge in [-0.2, -0.15) is 0 Å². The van der Waals surface area contributed by atoms with Crippen molar-refractivity contribution in [3.8, 4) is 0 Å². The fourth-order valence-electron chi connectivity index (χ4n) is 2.31. The van der Waals surface area contributed by atoms with Crippen LogP contribution in [0.15, 0.2) is 72.9 Å². The lowest BCUT2D eigenvalue weighted by molar-refractivity contribution is -0.147. The van der Waals surface area contributed by atoms with Crippen LogP contribution in [0.25, 0.3) is 0 Å². The van der Waals surface area contributed by atoms with Crippen molar-refractivity contribution in [3.05, 3.63) is 72.9 Å². The van der Waals surface area contributed by atoms with Crippen molar-refractivity contribution >= 4 is 11.9 Å². The molecule has 4 nitrogen and oxygen atoms in total. The number of hydrogen-bond acceptors (Lipinski definition) is 3. The van der Waals surface area contributed by atoms with Crippen LogP contribution in [0.3, 0.4) is 0 Å². The van der Waals surface area contributed by atoms with Crippen LogP contribution < -0.4 is 0 Å². The van der Waals surface area contributed by atoms with Crippen molar-refractivity contribution in [1.29, 1.82) is 0 Å². The average molecular weight is 431 g/mol. The van der Waals surface area contributed by atoms with E-state index in [2.05, 4.69) is 79.8 Å². The van der Waals surface area contributed by atoms with E-state index in [0.29, 0.717) is 6.61 Å².